The Morgan fingerprint density at radius 1 is 1.35 bits per heavy atom. The molecule has 0 radical (unpaired) electrons. The van der Waals surface area contributed by atoms with E-state index in [1.54, 1.807) is 18.2 Å². The maximum Gasteiger partial charge on any atom is 0.350 e. The number of ether oxygens (including phenoxy) is 1. The summed E-state index contributed by atoms with van der Waals surface area (Å²) in [5, 5.41) is 21.6. The highest BCUT2D eigenvalue weighted by atomic mass is 16.6. The fraction of sp³-hybridized carbons (Fsp3) is 0.562. The highest BCUT2D eigenvalue weighted by molar-refractivity contribution is 5.81. The van der Waals surface area contributed by atoms with Crippen LogP contribution in [-0.4, -0.2) is 53.2 Å². The normalized spacial score (nSPS) is 28.8. The van der Waals surface area contributed by atoms with Gasteiger partial charge in [-0.25, -0.2) is 4.79 Å². The molecule has 1 unspecified atom stereocenters. The second kappa shape index (κ2) is 6.25. The Bertz CT molecular complexity index is 585. The highest BCUT2D eigenvalue weighted by Crippen LogP contribution is 2.32. The van der Waals surface area contributed by atoms with Crippen LogP contribution in [0.1, 0.15) is 18.4 Å². The van der Waals surface area contributed by atoms with Crippen LogP contribution in [0.5, 0.6) is 0 Å². The Morgan fingerprint density at radius 2 is 2.00 bits per heavy atom. The summed E-state index contributed by atoms with van der Waals surface area (Å²) in [6.07, 6.45) is 1.61. The summed E-state index contributed by atoms with van der Waals surface area (Å²) in [7, 11) is 0. The van der Waals surface area contributed by atoms with Crippen molar-refractivity contribution in [3.8, 4) is 0 Å². The van der Waals surface area contributed by atoms with Crippen LogP contribution in [0, 0.1) is 16.0 Å². The second-order valence-electron chi connectivity index (χ2n) is 6.30. The summed E-state index contributed by atoms with van der Waals surface area (Å²) in [6.45, 7) is 1.73. The molecule has 3 saturated heterocycles. The van der Waals surface area contributed by atoms with Crippen LogP contribution in [0.25, 0.3) is 0 Å². The minimum atomic E-state index is -2.25. The minimum absolute atomic E-state index is 0.183. The van der Waals surface area contributed by atoms with E-state index < -0.39 is 23.0 Å². The average molecular weight is 320 g/mol. The van der Waals surface area contributed by atoms with Gasteiger partial charge in [0.05, 0.1) is 0 Å². The van der Waals surface area contributed by atoms with Crippen LogP contribution in [0.3, 0.4) is 0 Å². The lowest BCUT2D eigenvalue weighted by molar-refractivity contribution is -0.499. The third-order valence-corrected chi connectivity index (χ3v) is 4.80. The molecule has 1 aromatic carbocycles. The maximum atomic E-state index is 12.6. The number of fused-ring (bicyclic) bond motifs is 3. The van der Waals surface area contributed by atoms with E-state index >= 15 is 0 Å². The van der Waals surface area contributed by atoms with Gasteiger partial charge < -0.3 is 9.84 Å². The van der Waals surface area contributed by atoms with Gasteiger partial charge in [-0.05, 0) is 31.8 Å². The third-order valence-electron chi connectivity index (χ3n) is 4.80. The quantitative estimate of drug-likeness (QED) is 0.490. The van der Waals surface area contributed by atoms with Gasteiger partial charge in [-0.3, -0.25) is 15.0 Å². The summed E-state index contributed by atoms with van der Waals surface area (Å²) in [5.41, 5.74) is -2.07. The van der Waals surface area contributed by atoms with E-state index in [0.29, 0.717) is 6.54 Å². The smallest absolute Gasteiger partial charge is 0.350 e. The lowest BCUT2D eigenvalue weighted by Gasteiger charge is -2.44. The lowest BCUT2D eigenvalue weighted by Crippen LogP contribution is -2.54. The van der Waals surface area contributed by atoms with Gasteiger partial charge in [0, 0.05) is 17.0 Å². The molecule has 124 valence electrons. The summed E-state index contributed by atoms with van der Waals surface area (Å²) in [4.78, 5) is 25.0. The topological polar surface area (TPSA) is 92.9 Å². The minimum Gasteiger partial charge on any atom is -0.458 e. The van der Waals surface area contributed by atoms with Crippen molar-refractivity contribution in [3.05, 3.63) is 46.0 Å². The largest absolute Gasteiger partial charge is 0.458 e. The number of hydrogen-bond acceptors (Lipinski definition) is 6. The van der Waals surface area contributed by atoms with Gasteiger partial charge >= 0.3 is 5.97 Å². The monoisotopic (exact) mass is 320 g/mol. The van der Waals surface area contributed by atoms with Crippen LogP contribution in [0.2, 0.25) is 0 Å². The van der Waals surface area contributed by atoms with Gasteiger partial charge in [0.1, 0.15) is 6.10 Å². The van der Waals surface area contributed by atoms with E-state index in [9.17, 15) is 20.0 Å². The van der Waals surface area contributed by atoms with Gasteiger partial charge in [0.2, 0.25) is 6.54 Å². The summed E-state index contributed by atoms with van der Waals surface area (Å²) < 4.78 is 5.51. The summed E-state index contributed by atoms with van der Waals surface area (Å²) in [5.74, 6) is -0.654. The number of aliphatic hydroxyl groups is 1. The zero-order chi connectivity index (χ0) is 16.4. The number of esters is 1. The predicted octanol–water partition coefficient (Wildman–Crippen LogP) is 0.788. The van der Waals surface area contributed by atoms with Crippen LogP contribution < -0.4 is 0 Å². The van der Waals surface area contributed by atoms with Crippen molar-refractivity contribution in [3.63, 3.8) is 0 Å². The Kier molecular flexibility index (Phi) is 4.32. The fourth-order valence-corrected chi connectivity index (χ4v) is 3.45. The van der Waals surface area contributed by atoms with Crippen molar-refractivity contribution in [1.29, 1.82) is 0 Å². The predicted molar refractivity (Wildman–Crippen MR) is 81.2 cm³/mol. The van der Waals surface area contributed by atoms with E-state index in [4.69, 9.17) is 4.74 Å². The maximum absolute atomic E-state index is 12.6. The molecule has 2 atom stereocenters. The molecule has 0 aliphatic carbocycles. The number of carbonyl (C=O) groups excluding carboxylic acids is 1. The number of piperidine rings is 3. The molecule has 3 heterocycles. The Hall–Kier alpha value is -1.99. The Balaban J connectivity index is 1.79. The molecule has 0 amide bonds. The van der Waals surface area contributed by atoms with Crippen molar-refractivity contribution in [1.82, 2.24) is 4.90 Å². The average Bonchev–Trinajstić information content (AvgIpc) is 2.56. The molecule has 3 aliphatic rings. The van der Waals surface area contributed by atoms with E-state index in [1.807, 2.05) is 0 Å². The molecular formula is C16H20N2O5. The van der Waals surface area contributed by atoms with Crippen molar-refractivity contribution in [2.45, 2.75) is 24.5 Å². The van der Waals surface area contributed by atoms with Crippen molar-refractivity contribution in [2.24, 2.45) is 5.92 Å². The fourth-order valence-electron chi connectivity index (χ4n) is 3.45. The van der Waals surface area contributed by atoms with Gasteiger partial charge in [0.15, 0.2) is 0 Å². The molecule has 0 spiro atoms. The molecule has 2 bridgehead atoms. The zero-order valence-corrected chi connectivity index (χ0v) is 12.8. The highest BCUT2D eigenvalue weighted by Gasteiger charge is 2.47. The number of hydrogen-bond donors (Lipinski definition) is 1. The summed E-state index contributed by atoms with van der Waals surface area (Å²) >= 11 is 0. The van der Waals surface area contributed by atoms with Crippen LogP contribution in [0.15, 0.2) is 30.3 Å². The van der Waals surface area contributed by atoms with Gasteiger partial charge in [-0.2, -0.15) is 0 Å². The van der Waals surface area contributed by atoms with Crippen molar-refractivity contribution in [2.75, 3.05) is 26.2 Å². The molecule has 3 aliphatic heterocycles. The van der Waals surface area contributed by atoms with E-state index in [2.05, 4.69) is 4.90 Å². The molecule has 7 nitrogen and oxygen atoms in total. The van der Waals surface area contributed by atoms with Crippen molar-refractivity contribution < 1.29 is 19.6 Å². The van der Waals surface area contributed by atoms with Gasteiger partial charge in [-0.15, -0.1) is 0 Å². The molecule has 0 saturated carbocycles. The first kappa shape index (κ1) is 15.9. The standard InChI is InChI=1S/C16H20N2O5/c19-15(23-14-10-17-8-6-12(14)7-9-17)16(20,11-18(21)22)13-4-2-1-3-5-13/h1-5,12,14,20H,6-11H2/t14-,16?/m0/s1. The Morgan fingerprint density at radius 3 is 2.52 bits per heavy atom. The third kappa shape index (κ3) is 3.20. The molecule has 23 heavy (non-hydrogen) atoms. The Labute approximate surface area is 134 Å². The molecule has 1 N–H and O–H groups in total. The number of benzene rings is 1. The first-order valence-corrected chi connectivity index (χ1v) is 7.82. The van der Waals surface area contributed by atoms with E-state index in [-0.39, 0.29) is 17.6 Å². The molecule has 1 aromatic rings. The molecule has 0 aromatic heterocycles. The SMILES string of the molecule is O=C(O[C@H]1CN2CCC1CC2)C(O)(C[N+](=O)[O-])c1ccccc1. The van der Waals surface area contributed by atoms with Gasteiger partial charge in [-0.1, -0.05) is 30.3 Å². The summed E-state index contributed by atoms with van der Waals surface area (Å²) in [6, 6.07) is 7.97. The number of carbonyl (C=O) groups is 1. The zero-order valence-electron chi connectivity index (χ0n) is 12.8. The molecule has 3 fully saturated rings. The van der Waals surface area contributed by atoms with Crippen LogP contribution >= 0.6 is 0 Å². The van der Waals surface area contributed by atoms with Gasteiger partial charge in [0.25, 0.3) is 5.60 Å². The lowest BCUT2D eigenvalue weighted by atomic mass is 9.85. The number of rotatable bonds is 5. The van der Waals surface area contributed by atoms with Crippen LogP contribution in [0.4, 0.5) is 0 Å². The number of nitrogens with zero attached hydrogens (tertiary/aromatic N) is 2. The van der Waals surface area contributed by atoms with Crippen molar-refractivity contribution >= 4 is 5.97 Å². The number of nitro groups is 1. The van der Waals surface area contributed by atoms with Crippen LogP contribution in [-0.2, 0) is 15.1 Å². The second-order valence-corrected chi connectivity index (χ2v) is 6.30. The molecule has 4 rings (SSSR count). The van der Waals surface area contributed by atoms with E-state index in [0.717, 1.165) is 25.9 Å². The molecular weight excluding hydrogens is 300 g/mol. The molecule has 7 heteroatoms. The first-order valence-electron chi connectivity index (χ1n) is 7.82. The van der Waals surface area contributed by atoms with E-state index in [1.165, 1.54) is 12.1 Å². The first-order chi connectivity index (χ1) is 11.0.